The van der Waals surface area contributed by atoms with Gasteiger partial charge in [-0.1, -0.05) is 11.6 Å². The van der Waals surface area contributed by atoms with Crippen LogP contribution in [0.15, 0.2) is 59.9 Å². The molecule has 0 aliphatic carbocycles. The number of hydrogen-bond acceptors (Lipinski definition) is 6. The van der Waals surface area contributed by atoms with Gasteiger partial charge >= 0.3 is 0 Å². The van der Waals surface area contributed by atoms with Crippen LogP contribution in [0.2, 0.25) is 5.02 Å². The van der Waals surface area contributed by atoms with E-state index in [1.165, 1.54) is 33.5 Å². The number of aliphatic imine (C=N–C) groups is 1. The quantitative estimate of drug-likeness (QED) is 0.393. The molecule has 2 aromatic carbocycles. The summed E-state index contributed by atoms with van der Waals surface area (Å²) in [6.07, 6.45) is 3.30. The first-order valence-corrected chi connectivity index (χ1v) is 10.1. The molecule has 10 heteroatoms. The maximum atomic E-state index is 13.5. The molecule has 3 rings (SSSR count). The van der Waals surface area contributed by atoms with Gasteiger partial charge in [0.05, 0.1) is 32.9 Å². The fourth-order valence-corrected chi connectivity index (χ4v) is 3.06. The summed E-state index contributed by atoms with van der Waals surface area (Å²) >= 11 is 5.81. The summed E-state index contributed by atoms with van der Waals surface area (Å²) in [7, 11) is 4.50. The van der Waals surface area contributed by atoms with E-state index in [4.69, 9.17) is 25.8 Å². The fraction of sp³-hybridized carbons (Fsp3) is 0.174. The van der Waals surface area contributed by atoms with Crippen molar-refractivity contribution < 1.29 is 23.4 Å². The first-order chi connectivity index (χ1) is 15.9. The average Bonchev–Trinajstić information content (AvgIpc) is 2.84. The number of aromatic nitrogens is 1. The molecule has 0 atom stereocenters. The molecule has 8 nitrogen and oxygen atoms in total. The number of amides is 1. The van der Waals surface area contributed by atoms with Gasteiger partial charge in [-0.15, -0.1) is 0 Å². The molecule has 0 fully saturated rings. The number of carbonyl (C=O) groups is 1. The van der Waals surface area contributed by atoms with Crippen molar-refractivity contribution in [2.75, 3.05) is 26.6 Å². The molecule has 0 saturated heterocycles. The standard InChI is InChI=1S/C23H22ClFN4O4/c1-31-19-11-16(12-20(32-2)21(19)33-3)28-23(27-13-14-6-8-26-9-7-14)29-22(30)15-4-5-18(25)17(24)10-15/h4-12H,13H2,1-3H3,(H2,27,28,29,30). The van der Waals surface area contributed by atoms with Crippen LogP contribution in [0.1, 0.15) is 15.9 Å². The predicted octanol–water partition coefficient (Wildman–Crippen LogP) is 4.30. The number of pyridine rings is 1. The zero-order valence-corrected chi connectivity index (χ0v) is 18.9. The van der Waals surface area contributed by atoms with Crippen LogP contribution in [0.5, 0.6) is 17.2 Å². The summed E-state index contributed by atoms with van der Waals surface area (Å²) < 4.78 is 29.6. The number of anilines is 1. The molecule has 0 unspecified atom stereocenters. The maximum absolute atomic E-state index is 13.5. The van der Waals surface area contributed by atoms with Crippen molar-refractivity contribution in [2.45, 2.75) is 6.54 Å². The number of carbonyl (C=O) groups excluding carboxylic acids is 1. The zero-order valence-electron chi connectivity index (χ0n) is 18.2. The Balaban J connectivity index is 1.91. The van der Waals surface area contributed by atoms with E-state index in [9.17, 15) is 9.18 Å². The molecule has 0 spiro atoms. The summed E-state index contributed by atoms with van der Waals surface area (Å²) in [5, 5.41) is 5.59. The van der Waals surface area contributed by atoms with Gasteiger partial charge in [0.15, 0.2) is 11.5 Å². The first kappa shape index (κ1) is 23.8. The average molecular weight is 473 g/mol. The van der Waals surface area contributed by atoms with Crippen LogP contribution in [0.4, 0.5) is 10.1 Å². The van der Waals surface area contributed by atoms with E-state index in [-0.39, 0.29) is 23.1 Å². The van der Waals surface area contributed by atoms with Gasteiger partial charge in [0.25, 0.3) is 5.91 Å². The Labute approximate surface area is 195 Å². The number of ether oxygens (including phenoxy) is 3. The van der Waals surface area contributed by atoms with Gasteiger partial charge in [0.2, 0.25) is 11.7 Å². The lowest BCUT2D eigenvalue weighted by Gasteiger charge is -2.16. The van der Waals surface area contributed by atoms with Gasteiger partial charge in [-0.25, -0.2) is 9.38 Å². The number of guanidine groups is 1. The van der Waals surface area contributed by atoms with Gasteiger partial charge < -0.3 is 19.5 Å². The van der Waals surface area contributed by atoms with Crippen LogP contribution in [-0.4, -0.2) is 38.2 Å². The summed E-state index contributed by atoms with van der Waals surface area (Å²) in [6.45, 7) is 0.264. The highest BCUT2D eigenvalue weighted by Crippen LogP contribution is 2.39. The minimum atomic E-state index is -0.615. The molecule has 0 saturated carbocycles. The van der Waals surface area contributed by atoms with Gasteiger partial charge in [0, 0.05) is 35.8 Å². The number of hydrogen-bond donors (Lipinski definition) is 2. The number of rotatable bonds is 7. The number of halogens is 2. The molecule has 1 heterocycles. The van der Waals surface area contributed by atoms with Gasteiger partial charge in [-0.05, 0) is 35.9 Å². The van der Waals surface area contributed by atoms with E-state index in [0.29, 0.717) is 22.9 Å². The van der Waals surface area contributed by atoms with Crippen LogP contribution >= 0.6 is 11.6 Å². The topological polar surface area (TPSA) is 94.1 Å². The van der Waals surface area contributed by atoms with Crippen molar-refractivity contribution in [2.24, 2.45) is 4.99 Å². The highest BCUT2D eigenvalue weighted by Gasteiger charge is 2.16. The van der Waals surface area contributed by atoms with Crippen LogP contribution < -0.4 is 24.8 Å². The van der Waals surface area contributed by atoms with Crippen LogP contribution in [0, 0.1) is 5.82 Å². The van der Waals surface area contributed by atoms with Crippen molar-refractivity contribution in [1.82, 2.24) is 10.3 Å². The lowest BCUT2D eigenvalue weighted by molar-refractivity contribution is 0.0977. The monoisotopic (exact) mass is 472 g/mol. The van der Waals surface area contributed by atoms with Gasteiger partial charge in [-0.3, -0.25) is 15.1 Å². The minimum absolute atomic E-state index is 0.145. The Kier molecular flexibility index (Phi) is 8.04. The summed E-state index contributed by atoms with van der Waals surface area (Å²) in [4.78, 5) is 21.2. The number of nitrogens with zero attached hydrogens (tertiary/aromatic N) is 2. The van der Waals surface area contributed by atoms with Crippen LogP contribution in [0.25, 0.3) is 0 Å². The predicted molar refractivity (Wildman–Crippen MR) is 124 cm³/mol. The van der Waals surface area contributed by atoms with Crippen molar-refractivity contribution in [3.05, 3.63) is 76.8 Å². The number of benzene rings is 2. The molecule has 2 N–H and O–H groups in total. The second-order valence-corrected chi connectivity index (χ2v) is 7.05. The largest absolute Gasteiger partial charge is 0.493 e. The third-order valence-electron chi connectivity index (χ3n) is 4.51. The molecule has 33 heavy (non-hydrogen) atoms. The first-order valence-electron chi connectivity index (χ1n) is 9.72. The van der Waals surface area contributed by atoms with Gasteiger partial charge in [0.1, 0.15) is 5.82 Å². The van der Waals surface area contributed by atoms with Crippen molar-refractivity contribution in [3.63, 3.8) is 0 Å². The third kappa shape index (κ3) is 6.11. The maximum Gasteiger partial charge on any atom is 0.258 e. The second kappa shape index (κ2) is 11.1. The van der Waals surface area contributed by atoms with E-state index >= 15 is 0 Å². The molecular formula is C23H22ClFN4O4. The molecule has 3 aromatic rings. The molecule has 0 aliphatic rings. The molecule has 0 radical (unpaired) electrons. The third-order valence-corrected chi connectivity index (χ3v) is 4.80. The molecule has 0 bridgehead atoms. The summed E-state index contributed by atoms with van der Waals surface area (Å²) in [5.41, 5.74) is 1.58. The molecule has 1 amide bonds. The van der Waals surface area contributed by atoms with Crippen molar-refractivity contribution in [3.8, 4) is 17.2 Å². The van der Waals surface area contributed by atoms with Gasteiger partial charge in [-0.2, -0.15) is 0 Å². The molecule has 0 aliphatic heterocycles. The Morgan fingerprint density at radius 1 is 1.03 bits per heavy atom. The molecule has 172 valence electrons. The fourth-order valence-electron chi connectivity index (χ4n) is 2.88. The second-order valence-electron chi connectivity index (χ2n) is 6.64. The smallest absolute Gasteiger partial charge is 0.258 e. The van der Waals surface area contributed by atoms with E-state index in [2.05, 4.69) is 20.6 Å². The van der Waals surface area contributed by atoms with Crippen LogP contribution in [0.3, 0.4) is 0 Å². The van der Waals surface area contributed by atoms with E-state index < -0.39 is 11.7 Å². The Bertz CT molecular complexity index is 1130. The Morgan fingerprint density at radius 3 is 2.27 bits per heavy atom. The van der Waals surface area contributed by atoms with Crippen LogP contribution in [-0.2, 0) is 6.54 Å². The Morgan fingerprint density at radius 2 is 1.70 bits per heavy atom. The molecule has 1 aromatic heterocycles. The highest BCUT2D eigenvalue weighted by atomic mass is 35.5. The van der Waals surface area contributed by atoms with E-state index in [1.807, 2.05) is 12.1 Å². The summed E-state index contributed by atoms with van der Waals surface area (Å²) in [6, 6.07) is 10.7. The van der Waals surface area contributed by atoms with Crippen molar-refractivity contribution in [1.29, 1.82) is 0 Å². The minimum Gasteiger partial charge on any atom is -0.493 e. The zero-order chi connectivity index (χ0) is 23.8. The SMILES string of the molecule is COc1cc(NC(=NCc2ccncc2)NC(=O)c2ccc(F)c(Cl)c2)cc(OC)c1OC. The number of nitrogens with one attached hydrogen (secondary N) is 2. The highest BCUT2D eigenvalue weighted by molar-refractivity contribution is 6.31. The van der Waals surface area contributed by atoms with E-state index in [1.54, 1.807) is 24.5 Å². The van der Waals surface area contributed by atoms with E-state index in [0.717, 1.165) is 11.6 Å². The lowest BCUT2D eigenvalue weighted by Crippen LogP contribution is -2.36. The normalized spacial score (nSPS) is 11.0. The molecular weight excluding hydrogens is 451 g/mol. The van der Waals surface area contributed by atoms with Crippen molar-refractivity contribution >= 4 is 29.2 Å². The number of methoxy groups -OCH3 is 3. The summed E-state index contributed by atoms with van der Waals surface area (Å²) in [5.74, 6) is 0.270. The lowest BCUT2D eigenvalue weighted by atomic mass is 10.2. The Hall–Kier alpha value is -3.85.